The molecule has 0 radical (unpaired) electrons. The number of anilines is 1. The van der Waals surface area contributed by atoms with Crippen LogP contribution >= 0.6 is 0 Å². The third-order valence-electron chi connectivity index (χ3n) is 3.95. The zero-order valence-electron chi connectivity index (χ0n) is 15.5. The number of nitrogens with zero attached hydrogens (tertiary/aromatic N) is 4. The molecule has 0 aliphatic carbocycles. The summed E-state index contributed by atoms with van der Waals surface area (Å²) in [6.07, 6.45) is 0. The monoisotopic (exact) mass is 353 g/mol. The maximum atomic E-state index is 12.4. The van der Waals surface area contributed by atoms with Crippen molar-refractivity contribution in [3.8, 4) is 11.4 Å². The molecule has 0 bridgehead atoms. The van der Waals surface area contributed by atoms with Crippen LogP contribution in [0.4, 0.5) is 5.95 Å². The average Bonchev–Trinajstić information content (AvgIpc) is 3.26. The quantitative estimate of drug-likeness (QED) is 0.737. The standard InChI is InChI=1S/C19H23N5O2/c1-5-24-19(23(3)4)21-17(22-24)14-7-6-8-15(11-14)18(25)20-12-16-10-9-13(2)26-16/h6-11H,5,12H2,1-4H3,(H,20,25). The number of nitrogens with one attached hydrogen (secondary N) is 1. The molecule has 7 heteroatoms. The van der Waals surface area contributed by atoms with Gasteiger partial charge in [-0.3, -0.25) is 4.79 Å². The molecular formula is C19H23N5O2. The van der Waals surface area contributed by atoms with Crippen molar-refractivity contribution in [3.63, 3.8) is 0 Å². The average molecular weight is 353 g/mol. The van der Waals surface area contributed by atoms with Crippen LogP contribution < -0.4 is 10.2 Å². The number of benzene rings is 1. The minimum absolute atomic E-state index is 0.163. The molecule has 0 aliphatic heterocycles. The Morgan fingerprint density at radius 2 is 2.08 bits per heavy atom. The number of furan rings is 1. The molecule has 0 saturated heterocycles. The highest BCUT2D eigenvalue weighted by Crippen LogP contribution is 2.20. The molecule has 0 unspecified atom stereocenters. The van der Waals surface area contributed by atoms with Crippen molar-refractivity contribution in [2.75, 3.05) is 19.0 Å². The lowest BCUT2D eigenvalue weighted by Crippen LogP contribution is -2.22. The summed E-state index contributed by atoms with van der Waals surface area (Å²) < 4.78 is 7.31. The maximum Gasteiger partial charge on any atom is 0.251 e. The molecule has 3 aromatic rings. The summed E-state index contributed by atoms with van der Waals surface area (Å²) >= 11 is 0. The third-order valence-corrected chi connectivity index (χ3v) is 3.95. The first-order chi connectivity index (χ1) is 12.5. The van der Waals surface area contributed by atoms with E-state index >= 15 is 0 Å². The molecule has 3 rings (SSSR count). The van der Waals surface area contributed by atoms with E-state index in [1.807, 2.05) is 61.8 Å². The van der Waals surface area contributed by atoms with Gasteiger partial charge in [0, 0.05) is 31.8 Å². The number of amides is 1. The van der Waals surface area contributed by atoms with E-state index in [0.717, 1.165) is 29.6 Å². The summed E-state index contributed by atoms with van der Waals surface area (Å²) in [5.41, 5.74) is 1.37. The van der Waals surface area contributed by atoms with E-state index in [1.54, 1.807) is 12.1 Å². The van der Waals surface area contributed by atoms with Gasteiger partial charge in [-0.15, -0.1) is 5.10 Å². The third kappa shape index (κ3) is 3.77. The molecule has 0 atom stereocenters. The Hall–Kier alpha value is -3.09. The van der Waals surface area contributed by atoms with Crippen molar-refractivity contribution in [1.82, 2.24) is 20.1 Å². The van der Waals surface area contributed by atoms with Crippen LogP contribution in [0, 0.1) is 6.92 Å². The number of aryl methyl sites for hydroxylation is 2. The van der Waals surface area contributed by atoms with Gasteiger partial charge in [-0.25, -0.2) is 4.68 Å². The van der Waals surface area contributed by atoms with Crippen molar-refractivity contribution in [2.24, 2.45) is 0 Å². The fraction of sp³-hybridized carbons (Fsp3) is 0.316. The fourth-order valence-corrected chi connectivity index (χ4v) is 2.65. The summed E-state index contributed by atoms with van der Waals surface area (Å²) in [4.78, 5) is 18.9. The highest BCUT2D eigenvalue weighted by atomic mass is 16.3. The second-order valence-electron chi connectivity index (χ2n) is 6.22. The second-order valence-corrected chi connectivity index (χ2v) is 6.22. The van der Waals surface area contributed by atoms with E-state index < -0.39 is 0 Å². The van der Waals surface area contributed by atoms with Gasteiger partial charge in [0.1, 0.15) is 11.5 Å². The van der Waals surface area contributed by atoms with E-state index in [1.165, 1.54) is 0 Å². The van der Waals surface area contributed by atoms with Crippen molar-refractivity contribution < 1.29 is 9.21 Å². The van der Waals surface area contributed by atoms with Crippen LogP contribution in [-0.4, -0.2) is 34.8 Å². The highest BCUT2D eigenvalue weighted by molar-refractivity contribution is 5.95. The van der Waals surface area contributed by atoms with Gasteiger partial charge in [-0.2, -0.15) is 4.98 Å². The Bertz CT molecular complexity index is 910. The summed E-state index contributed by atoms with van der Waals surface area (Å²) in [7, 11) is 3.86. The van der Waals surface area contributed by atoms with Crippen LogP contribution in [0.2, 0.25) is 0 Å². The number of rotatable bonds is 6. The smallest absolute Gasteiger partial charge is 0.251 e. The van der Waals surface area contributed by atoms with E-state index in [2.05, 4.69) is 15.4 Å². The highest BCUT2D eigenvalue weighted by Gasteiger charge is 2.14. The van der Waals surface area contributed by atoms with Crippen LogP contribution in [-0.2, 0) is 13.1 Å². The van der Waals surface area contributed by atoms with Gasteiger partial charge in [-0.05, 0) is 38.1 Å². The van der Waals surface area contributed by atoms with Crippen molar-refractivity contribution in [3.05, 3.63) is 53.5 Å². The molecule has 136 valence electrons. The molecule has 2 aromatic heterocycles. The van der Waals surface area contributed by atoms with Gasteiger partial charge < -0.3 is 14.6 Å². The first kappa shape index (κ1) is 17.7. The maximum absolute atomic E-state index is 12.4. The van der Waals surface area contributed by atoms with Gasteiger partial charge in [0.2, 0.25) is 5.95 Å². The van der Waals surface area contributed by atoms with Gasteiger partial charge in [0.15, 0.2) is 5.82 Å². The van der Waals surface area contributed by atoms with Gasteiger partial charge in [0.25, 0.3) is 5.91 Å². The number of aromatic nitrogens is 3. The van der Waals surface area contributed by atoms with Gasteiger partial charge in [-0.1, -0.05) is 12.1 Å². The molecule has 0 aliphatic rings. The largest absolute Gasteiger partial charge is 0.465 e. The Morgan fingerprint density at radius 3 is 2.69 bits per heavy atom. The molecule has 0 spiro atoms. The Balaban J connectivity index is 1.78. The van der Waals surface area contributed by atoms with Crippen molar-refractivity contribution in [1.29, 1.82) is 0 Å². The van der Waals surface area contributed by atoms with Gasteiger partial charge in [0.05, 0.1) is 6.54 Å². The summed E-state index contributed by atoms with van der Waals surface area (Å²) in [5.74, 6) is 2.78. The van der Waals surface area contributed by atoms with Crippen molar-refractivity contribution in [2.45, 2.75) is 26.9 Å². The predicted molar refractivity (Wildman–Crippen MR) is 100 cm³/mol. The van der Waals surface area contributed by atoms with Gasteiger partial charge >= 0.3 is 0 Å². The minimum atomic E-state index is -0.163. The first-order valence-corrected chi connectivity index (χ1v) is 8.54. The molecule has 0 fully saturated rings. The van der Waals surface area contributed by atoms with E-state index in [-0.39, 0.29) is 5.91 Å². The van der Waals surface area contributed by atoms with Crippen LogP contribution in [0.5, 0.6) is 0 Å². The number of carbonyl (C=O) groups excluding carboxylic acids is 1. The molecule has 26 heavy (non-hydrogen) atoms. The lowest BCUT2D eigenvalue weighted by molar-refractivity contribution is 0.0948. The minimum Gasteiger partial charge on any atom is -0.465 e. The number of hydrogen-bond donors (Lipinski definition) is 1. The topological polar surface area (TPSA) is 76.2 Å². The van der Waals surface area contributed by atoms with Crippen LogP contribution in [0.25, 0.3) is 11.4 Å². The van der Waals surface area contributed by atoms with E-state index in [4.69, 9.17) is 4.42 Å². The molecule has 1 aromatic carbocycles. The summed E-state index contributed by atoms with van der Waals surface area (Å²) in [6.45, 7) is 4.97. The fourth-order valence-electron chi connectivity index (χ4n) is 2.65. The van der Waals surface area contributed by atoms with E-state index in [0.29, 0.717) is 17.9 Å². The molecule has 7 nitrogen and oxygen atoms in total. The Kier molecular flexibility index (Phi) is 5.06. The molecule has 1 N–H and O–H groups in total. The zero-order valence-corrected chi connectivity index (χ0v) is 15.5. The second kappa shape index (κ2) is 7.43. The first-order valence-electron chi connectivity index (χ1n) is 8.54. The summed E-state index contributed by atoms with van der Waals surface area (Å²) in [5, 5.41) is 7.40. The number of hydrogen-bond acceptors (Lipinski definition) is 5. The number of carbonyl (C=O) groups is 1. The zero-order chi connectivity index (χ0) is 18.7. The van der Waals surface area contributed by atoms with Crippen LogP contribution in [0.15, 0.2) is 40.8 Å². The van der Waals surface area contributed by atoms with E-state index in [9.17, 15) is 4.79 Å². The van der Waals surface area contributed by atoms with Crippen LogP contribution in [0.3, 0.4) is 0 Å². The predicted octanol–water partition coefficient (Wildman–Crippen LogP) is 2.86. The Labute approximate surface area is 152 Å². The molecule has 2 heterocycles. The molecule has 0 saturated carbocycles. The normalized spacial score (nSPS) is 10.8. The van der Waals surface area contributed by atoms with Crippen molar-refractivity contribution >= 4 is 11.9 Å². The van der Waals surface area contributed by atoms with Crippen LogP contribution in [0.1, 0.15) is 28.8 Å². The SMILES string of the molecule is CCn1nc(-c2cccc(C(=O)NCc3ccc(C)o3)c2)nc1N(C)C. The molecule has 1 amide bonds. The molecular weight excluding hydrogens is 330 g/mol. The Morgan fingerprint density at radius 1 is 1.27 bits per heavy atom. The lowest BCUT2D eigenvalue weighted by atomic mass is 10.1. The lowest BCUT2D eigenvalue weighted by Gasteiger charge is -2.10. The summed E-state index contributed by atoms with van der Waals surface area (Å²) in [6, 6.07) is 11.0.